The van der Waals surface area contributed by atoms with Crippen LogP contribution in [0.3, 0.4) is 0 Å². The van der Waals surface area contributed by atoms with Gasteiger partial charge in [0.15, 0.2) is 11.5 Å². The Kier molecular flexibility index (Phi) is 6.59. The van der Waals surface area contributed by atoms with E-state index in [-0.39, 0.29) is 12.3 Å². The number of methoxy groups -OCH3 is 2. The van der Waals surface area contributed by atoms with Gasteiger partial charge in [0.2, 0.25) is 5.91 Å². The molecule has 6 nitrogen and oxygen atoms in total. The zero-order chi connectivity index (χ0) is 18.1. The molecule has 0 aromatic heterocycles. The molecule has 0 aliphatic rings. The number of hydrazine groups is 1. The van der Waals surface area contributed by atoms with Gasteiger partial charge >= 0.3 is 0 Å². The maximum atomic E-state index is 11.8. The first-order valence-corrected chi connectivity index (χ1v) is 7.65. The van der Waals surface area contributed by atoms with Crippen molar-refractivity contribution in [1.29, 1.82) is 0 Å². The smallest absolute Gasteiger partial charge is 0.262 e. The highest BCUT2D eigenvalue weighted by Gasteiger charge is 2.05. The minimum atomic E-state index is -0.434. The third-order valence-electron chi connectivity index (χ3n) is 3.37. The number of carbonyl (C=O) groups excluding carboxylic acids is 2. The van der Waals surface area contributed by atoms with Crippen LogP contribution in [0.15, 0.2) is 54.6 Å². The van der Waals surface area contributed by atoms with Crippen LogP contribution < -0.4 is 20.3 Å². The van der Waals surface area contributed by atoms with Crippen LogP contribution in [0.25, 0.3) is 6.08 Å². The lowest BCUT2D eigenvalue weighted by molar-refractivity contribution is -0.126. The van der Waals surface area contributed by atoms with E-state index in [1.807, 2.05) is 30.3 Å². The van der Waals surface area contributed by atoms with Crippen molar-refractivity contribution in [3.63, 3.8) is 0 Å². The Morgan fingerprint density at radius 3 is 2.36 bits per heavy atom. The number of hydrogen-bond acceptors (Lipinski definition) is 4. The summed E-state index contributed by atoms with van der Waals surface area (Å²) in [5.74, 6) is 0.453. The molecule has 0 atom stereocenters. The maximum Gasteiger partial charge on any atom is 0.262 e. The molecule has 0 saturated heterocycles. The van der Waals surface area contributed by atoms with Gasteiger partial charge in [-0.3, -0.25) is 20.4 Å². The van der Waals surface area contributed by atoms with Gasteiger partial charge in [-0.2, -0.15) is 0 Å². The van der Waals surface area contributed by atoms with Crippen molar-refractivity contribution in [3.05, 3.63) is 65.7 Å². The van der Waals surface area contributed by atoms with E-state index in [9.17, 15) is 9.59 Å². The second kappa shape index (κ2) is 9.12. The van der Waals surface area contributed by atoms with E-state index in [4.69, 9.17) is 9.47 Å². The Hall–Kier alpha value is -3.28. The van der Waals surface area contributed by atoms with Crippen LogP contribution in [-0.2, 0) is 16.0 Å². The van der Waals surface area contributed by atoms with Crippen molar-refractivity contribution in [2.45, 2.75) is 6.42 Å². The van der Waals surface area contributed by atoms with Crippen LogP contribution in [0, 0.1) is 0 Å². The largest absolute Gasteiger partial charge is 0.493 e. The summed E-state index contributed by atoms with van der Waals surface area (Å²) in [5.41, 5.74) is 6.35. The molecule has 0 fully saturated rings. The quantitative estimate of drug-likeness (QED) is 0.624. The van der Waals surface area contributed by atoms with Crippen LogP contribution >= 0.6 is 0 Å². The number of nitrogens with one attached hydrogen (secondary N) is 2. The summed E-state index contributed by atoms with van der Waals surface area (Å²) in [6.45, 7) is 0. The van der Waals surface area contributed by atoms with Gasteiger partial charge in [0.1, 0.15) is 0 Å². The molecule has 0 bridgehead atoms. The first kappa shape index (κ1) is 18.1. The van der Waals surface area contributed by atoms with E-state index in [1.54, 1.807) is 38.5 Å². The molecule has 130 valence electrons. The highest BCUT2D eigenvalue weighted by atomic mass is 16.5. The van der Waals surface area contributed by atoms with Crippen molar-refractivity contribution >= 4 is 17.9 Å². The maximum absolute atomic E-state index is 11.8. The lowest BCUT2D eigenvalue weighted by Crippen LogP contribution is -2.41. The Morgan fingerprint density at radius 1 is 0.960 bits per heavy atom. The molecule has 2 rings (SSSR count). The van der Waals surface area contributed by atoms with Gasteiger partial charge < -0.3 is 9.47 Å². The standard InChI is InChI=1S/C19H20N2O4/c1-24-16-10-8-15(12-17(16)25-2)9-11-18(22)20-21-19(23)13-14-6-4-3-5-7-14/h3-12H,13H2,1-2H3,(H,20,22)(H,21,23)/b11-9+. The fourth-order valence-electron chi connectivity index (χ4n) is 2.13. The Bertz CT molecular complexity index is 757. The van der Waals surface area contributed by atoms with E-state index < -0.39 is 5.91 Å². The molecule has 0 radical (unpaired) electrons. The molecule has 6 heteroatoms. The van der Waals surface area contributed by atoms with Gasteiger partial charge in [0, 0.05) is 6.08 Å². The molecular formula is C19H20N2O4. The summed E-state index contributed by atoms with van der Waals surface area (Å²) in [7, 11) is 3.10. The van der Waals surface area contributed by atoms with Crippen LogP contribution in [-0.4, -0.2) is 26.0 Å². The molecule has 0 aliphatic heterocycles. The molecule has 0 spiro atoms. The number of ether oxygens (including phenoxy) is 2. The van der Waals surface area contributed by atoms with E-state index in [2.05, 4.69) is 10.9 Å². The first-order chi connectivity index (χ1) is 12.1. The average Bonchev–Trinajstić information content (AvgIpc) is 2.65. The molecule has 0 saturated carbocycles. The second-order valence-electron chi connectivity index (χ2n) is 5.15. The van der Waals surface area contributed by atoms with E-state index in [0.29, 0.717) is 11.5 Å². The third-order valence-corrected chi connectivity index (χ3v) is 3.37. The SMILES string of the molecule is COc1ccc(/C=C/C(=O)NNC(=O)Cc2ccccc2)cc1OC. The van der Waals surface area contributed by atoms with Crippen molar-refractivity contribution in [3.8, 4) is 11.5 Å². The first-order valence-electron chi connectivity index (χ1n) is 7.65. The normalized spacial score (nSPS) is 10.3. The summed E-state index contributed by atoms with van der Waals surface area (Å²) in [6.07, 6.45) is 3.13. The van der Waals surface area contributed by atoms with Gasteiger partial charge in [-0.15, -0.1) is 0 Å². The molecule has 2 amide bonds. The molecular weight excluding hydrogens is 320 g/mol. The number of benzene rings is 2. The number of hydrogen-bond donors (Lipinski definition) is 2. The number of amides is 2. The highest BCUT2D eigenvalue weighted by molar-refractivity contribution is 5.93. The molecule has 2 aromatic carbocycles. The topological polar surface area (TPSA) is 76.7 Å². The van der Waals surface area contributed by atoms with E-state index >= 15 is 0 Å². The molecule has 2 N–H and O–H groups in total. The Labute approximate surface area is 146 Å². The van der Waals surface area contributed by atoms with Crippen LogP contribution in [0.4, 0.5) is 0 Å². The summed E-state index contributed by atoms with van der Waals surface area (Å²) in [6, 6.07) is 14.6. The minimum Gasteiger partial charge on any atom is -0.493 e. The van der Waals surface area contributed by atoms with Crippen molar-refractivity contribution in [2.24, 2.45) is 0 Å². The van der Waals surface area contributed by atoms with Crippen molar-refractivity contribution in [1.82, 2.24) is 10.9 Å². The fourth-order valence-corrected chi connectivity index (χ4v) is 2.13. The van der Waals surface area contributed by atoms with E-state index in [1.165, 1.54) is 6.08 Å². The Balaban J connectivity index is 1.85. The average molecular weight is 340 g/mol. The zero-order valence-corrected chi connectivity index (χ0v) is 14.1. The molecule has 0 aliphatic carbocycles. The Morgan fingerprint density at radius 2 is 1.68 bits per heavy atom. The minimum absolute atomic E-state index is 0.195. The van der Waals surface area contributed by atoms with Crippen LogP contribution in [0.1, 0.15) is 11.1 Å². The van der Waals surface area contributed by atoms with Crippen molar-refractivity contribution < 1.29 is 19.1 Å². The molecule has 0 heterocycles. The predicted molar refractivity (Wildman–Crippen MR) is 95.0 cm³/mol. The zero-order valence-electron chi connectivity index (χ0n) is 14.1. The number of rotatable bonds is 6. The van der Waals surface area contributed by atoms with Gasteiger partial charge in [-0.1, -0.05) is 36.4 Å². The summed E-state index contributed by atoms with van der Waals surface area (Å²) in [5, 5.41) is 0. The summed E-state index contributed by atoms with van der Waals surface area (Å²) < 4.78 is 10.4. The lowest BCUT2D eigenvalue weighted by atomic mass is 10.1. The summed E-state index contributed by atoms with van der Waals surface area (Å²) >= 11 is 0. The van der Waals surface area contributed by atoms with Crippen molar-refractivity contribution in [2.75, 3.05) is 14.2 Å². The molecule has 2 aromatic rings. The van der Waals surface area contributed by atoms with Crippen LogP contribution in [0.5, 0.6) is 11.5 Å². The third kappa shape index (κ3) is 5.69. The van der Waals surface area contributed by atoms with Crippen LogP contribution in [0.2, 0.25) is 0 Å². The predicted octanol–water partition coefficient (Wildman–Crippen LogP) is 2.11. The number of carbonyl (C=O) groups is 2. The second-order valence-corrected chi connectivity index (χ2v) is 5.15. The van der Waals surface area contributed by atoms with E-state index in [0.717, 1.165) is 11.1 Å². The molecule has 0 unspecified atom stereocenters. The van der Waals surface area contributed by atoms with Gasteiger partial charge in [-0.05, 0) is 29.3 Å². The molecule has 25 heavy (non-hydrogen) atoms. The highest BCUT2D eigenvalue weighted by Crippen LogP contribution is 2.27. The van der Waals surface area contributed by atoms with Gasteiger partial charge in [-0.25, -0.2) is 0 Å². The fraction of sp³-hybridized carbons (Fsp3) is 0.158. The monoisotopic (exact) mass is 340 g/mol. The van der Waals surface area contributed by atoms with Gasteiger partial charge in [0.05, 0.1) is 20.6 Å². The van der Waals surface area contributed by atoms with Gasteiger partial charge in [0.25, 0.3) is 5.91 Å². The lowest BCUT2D eigenvalue weighted by Gasteiger charge is -2.08. The summed E-state index contributed by atoms with van der Waals surface area (Å²) in [4.78, 5) is 23.5.